The van der Waals surface area contributed by atoms with Crippen molar-refractivity contribution in [2.75, 3.05) is 19.8 Å². The van der Waals surface area contributed by atoms with Crippen molar-refractivity contribution in [1.29, 1.82) is 0 Å². The van der Waals surface area contributed by atoms with Gasteiger partial charge in [-0.15, -0.1) is 0 Å². The van der Waals surface area contributed by atoms with Gasteiger partial charge in [-0.1, -0.05) is 0 Å². The standard InChI is InChI=1S/C23H43BN4O14/c24-10-15(34)14(33)8(3-29)38-21(10)40-18-6(27)1-5(26)12(31)20(18)42-23-17(36)19(9(4-30)39-23)41-22-11(28)16(35)13(32)7(2-25)37-22/h5-23,29-36H,1-4,25-28H2/t5-,6?,7+,8?,9-,10?,11?,12?,13-,14-,15-,16?,17?,18-,19+,20-,21-,22-,23+/m1/s1. The average Bonchev–Trinajstić information content (AvgIpc) is 3.27. The summed E-state index contributed by atoms with van der Waals surface area (Å²) in [4.78, 5) is 0. The van der Waals surface area contributed by atoms with E-state index in [1.54, 1.807) is 0 Å². The summed E-state index contributed by atoms with van der Waals surface area (Å²) in [6, 6.07) is -3.02. The number of hydrogen-bond acceptors (Lipinski definition) is 18. The van der Waals surface area contributed by atoms with Gasteiger partial charge >= 0.3 is 0 Å². The van der Waals surface area contributed by atoms with Crippen LogP contribution >= 0.6 is 0 Å². The van der Waals surface area contributed by atoms with Crippen molar-refractivity contribution in [3.05, 3.63) is 0 Å². The van der Waals surface area contributed by atoms with Gasteiger partial charge in [-0.05, 0) is 6.42 Å². The van der Waals surface area contributed by atoms with Crippen molar-refractivity contribution >= 4 is 7.85 Å². The van der Waals surface area contributed by atoms with Crippen molar-refractivity contribution in [1.82, 2.24) is 0 Å². The molecular formula is C23H43BN4O14. The lowest BCUT2D eigenvalue weighted by molar-refractivity contribution is -0.305. The van der Waals surface area contributed by atoms with Gasteiger partial charge < -0.3 is 92.2 Å². The van der Waals surface area contributed by atoms with Gasteiger partial charge in [0.1, 0.15) is 61.0 Å². The molecule has 1 aliphatic carbocycles. The summed E-state index contributed by atoms with van der Waals surface area (Å²) in [6.45, 7) is -1.49. The highest BCUT2D eigenvalue weighted by Gasteiger charge is 2.54. The molecule has 0 aromatic heterocycles. The highest BCUT2D eigenvalue weighted by atomic mass is 16.8. The van der Waals surface area contributed by atoms with Crippen LogP contribution < -0.4 is 22.9 Å². The molecule has 4 fully saturated rings. The van der Waals surface area contributed by atoms with Crippen LogP contribution in [-0.2, 0) is 28.4 Å². The maximum Gasteiger partial charge on any atom is 0.187 e. The first kappa shape index (κ1) is 34.2. The third-order valence-electron chi connectivity index (χ3n) is 8.32. The molecule has 19 atom stereocenters. The Balaban J connectivity index is 1.50. The van der Waals surface area contributed by atoms with Gasteiger partial charge in [0.05, 0.1) is 39.3 Å². The minimum Gasteiger partial charge on any atom is -0.394 e. The summed E-state index contributed by atoms with van der Waals surface area (Å²) in [5, 5.41) is 82.3. The lowest BCUT2D eigenvalue weighted by atomic mass is 9.76. The zero-order valence-corrected chi connectivity index (χ0v) is 22.7. The van der Waals surface area contributed by atoms with Crippen LogP contribution in [0.1, 0.15) is 6.42 Å². The number of aliphatic hydroxyl groups excluding tert-OH is 8. The van der Waals surface area contributed by atoms with Crippen LogP contribution in [0.2, 0.25) is 5.82 Å². The molecule has 3 heterocycles. The monoisotopic (exact) mass is 610 g/mol. The Bertz CT molecular complexity index is 870. The minimum absolute atomic E-state index is 0.0642. The van der Waals surface area contributed by atoms with Gasteiger partial charge in [-0.3, -0.25) is 0 Å². The van der Waals surface area contributed by atoms with E-state index in [2.05, 4.69) is 0 Å². The van der Waals surface area contributed by atoms with E-state index in [0.29, 0.717) is 0 Å². The first-order chi connectivity index (χ1) is 19.8. The van der Waals surface area contributed by atoms with Gasteiger partial charge in [0.15, 0.2) is 18.9 Å². The predicted molar refractivity (Wildman–Crippen MR) is 138 cm³/mol. The molecule has 18 nitrogen and oxygen atoms in total. The second kappa shape index (κ2) is 14.2. The highest BCUT2D eigenvalue weighted by Crippen LogP contribution is 2.36. The maximum absolute atomic E-state index is 11.1. The Morgan fingerprint density at radius 2 is 1.14 bits per heavy atom. The normalized spacial score (nSPS) is 53.8. The van der Waals surface area contributed by atoms with Crippen molar-refractivity contribution in [2.45, 2.75) is 122 Å². The second-order valence-corrected chi connectivity index (χ2v) is 11.2. The SMILES string of the molecule is [B]C1[C@@H](O[C@@H]2C(N)C[C@@H](N)C(O)[C@H]2O[C@@H]2O[C@H](CO)[C@H](O[C@H]3O[C@@H](CN)[C@@H](O)C(O)C3N)C2O)OC(CO)[C@@H](O)[C@@H]1O. The molecule has 0 bridgehead atoms. The Kier molecular flexibility index (Phi) is 11.6. The number of ether oxygens (including phenoxy) is 6. The number of aliphatic hydroxyl groups is 8. The maximum atomic E-state index is 11.1. The van der Waals surface area contributed by atoms with Gasteiger partial charge in [0, 0.05) is 24.4 Å². The molecular weight excluding hydrogens is 567 g/mol. The molecule has 0 spiro atoms. The van der Waals surface area contributed by atoms with Gasteiger partial charge in [-0.25, -0.2) is 0 Å². The summed E-state index contributed by atoms with van der Waals surface area (Å²) in [5.74, 6) is -1.28. The van der Waals surface area contributed by atoms with Crippen molar-refractivity contribution in [3.8, 4) is 0 Å². The zero-order valence-electron chi connectivity index (χ0n) is 22.7. The van der Waals surface area contributed by atoms with Gasteiger partial charge in [0.2, 0.25) is 0 Å². The Labute approximate surface area is 242 Å². The zero-order chi connectivity index (χ0) is 31.0. The average molecular weight is 610 g/mol. The van der Waals surface area contributed by atoms with Crippen molar-refractivity contribution < 1.29 is 69.3 Å². The molecule has 1 saturated carbocycles. The molecule has 42 heavy (non-hydrogen) atoms. The predicted octanol–water partition coefficient (Wildman–Crippen LogP) is -8.23. The van der Waals surface area contributed by atoms with Crippen LogP contribution in [-0.4, -0.2) is 179 Å². The summed E-state index contributed by atoms with van der Waals surface area (Å²) >= 11 is 0. The molecule has 0 amide bonds. The van der Waals surface area contributed by atoms with Crippen LogP contribution in [0.25, 0.3) is 0 Å². The van der Waals surface area contributed by atoms with Crippen LogP contribution in [0.3, 0.4) is 0 Å². The molecule has 4 aliphatic rings. The Morgan fingerprint density at radius 1 is 0.595 bits per heavy atom. The van der Waals surface area contributed by atoms with E-state index in [0.717, 1.165) is 0 Å². The summed E-state index contributed by atoms with van der Waals surface area (Å²) in [6.07, 6.45) is -20.5. The molecule has 3 saturated heterocycles. The van der Waals surface area contributed by atoms with Crippen LogP contribution in [0, 0.1) is 0 Å². The van der Waals surface area contributed by atoms with E-state index in [-0.39, 0.29) is 13.0 Å². The van der Waals surface area contributed by atoms with Crippen molar-refractivity contribution in [3.63, 3.8) is 0 Å². The molecule has 7 unspecified atom stereocenters. The van der Waals surface area contributed by atoms with Crippen LogP contribution in [0.15, 0.2) is 0 Å². The molecule has 0 aromatic rings. The van der Waals surface area contributed by atoms with E-state index in [1.165, 1.54) is 0 Å². The van der Waals surface area contributed by atoms with Gasteiger partial charge in [0.25, 0.3) is 0 Å². The number of hydrogen-bond donors (Lipinski definition) is 12. The van der Waals surface area contributed by atoms with E-state index in [1.807, 2.05) is 0 Å². The van der Waals surface area contributed by atoms with E-state index in [9.17, 15) is 40.9 Å². The third kappa shape index (κ3) is 6.64. The van der Waals surface area contributed by atoms with Gasteiger partial charge in [-0.2, -0.15) is 0 Å². The number of nitrogens with two attached hydrogens (primary N) is 4. The lowest BCUT2D eigenvalue weighted by Gasteiger charge is -2.47. The lowest BCUT2D eigenvalue weighted by Crippen LogP contribution is -2.65. The molecule has 3 aliphatic heterocycles. The Hall–Kier alpha value is -0.655. The molecule has 242 valence electrons. The smallest absolute Gasteiger partial charge is 0.187 e. The molecule has 0 aromatic carbocycles. The summed E-state index contributed by atoms with van der Waals surface area (Å²) in [5.41, 5.74) is 23.9. The van der Waals surface area contributed by atoms with E-state index in [4.69, 9.17) is 59.2 Å². The second-order valence-electron chi connectivity index (χ2n) is 11.2. The third-order valence-corrected chi connectivity index (χ3v) is 8.32. The Morgan fingerprint density at radius 3 is 1.76 bits per heavy atom. The first-order valence-electron chi connectivity index (χ1n) is 13.8. The fraction of sp³-hybridized carbons (Fsp3) is 1.00. The quantitative estimate of drug-likeness (QED) is 0.108. The molecule has 4 rings (SSSR count). The minimum atomic E-state index is -1.62. The fourth-order valence-electron chi connectivity index (χ4n) is 5.70. The van der Waals surface area contributed by atoms with E-state index >= 15 is 0 Å². The molecule has 16 N–H and O–H groups in total. The summed E-state index contributed by atoms with van der Waals surface area (Å²) in [7, 11) is 6.00. The van der Waals surface area contributed by atoms with Crippen LogP contribution in [0.5, 0.6) is 0 Å². The fourth-order valence-corrected chi connectivity index (χ4v) is 5.70. The molecule has 2 radical (unpaired) electrons. The van der Waals surface area contributed by atoms with E-state index < -0.39 is 129 Å². The highest BCUT2D eigenvalue weighted by molar-refractivity contribution is 6.12. The van der Waals surface area contributed by atoms with Crippen molar-refractivity contribution in [2.24, 2.45) is 22.9 Å². The molecule has 19 heteroatoms. The number of rotatable bonds is 9. The topological polar surface area (TPSA) is 321 Å². The van der Waals surface area contributed by atoms with Crippen LogP contribution in [0.4, 0.5) is 0 Å². The first-order valence-corrected chi connectivity index (χ1v) is 13.8. The summed E-state index contributed by atoms with van der Waals surface area (Å²) < 4.78 is 34.4. The largest absolute Gasteiger partial charge is 0.394 e.